The molecule has 0 aliphatic heterocycles. The standard InChI is InChI=1S/C22H23NO4S/c1-17(18-8-4-2-5-9-18)23-16-22(24)19-12-14-20(15-13-19)27-28(25,26)21-10-6-3-7-11-21/h2-15,17,22-24H,16H2,1H3/t17?,22-/m1/s1. The summed E-state index contributed by atoms with van der Waals surface area (Å²) in [7, 11) is -3.87. The third-order valence-corrected chi connectivity index (χ3v) is 5.68. The van der Waals surface area contributed by atoms with E-state index in [0.717, 1.165) is 5.56 Å². The van der Waals surface area contributed by atoms with E-state index in [1.54, 1.807) is 42.5 Å². The third-order valence-electron chi connectivity index (χ3n) is 4.42. The monoisotopic (exact) mass is 397 g/mol. The molecular formula is C22H23NO4S. The van der Waals surface area contributed by atoms with Crippen molar-refractivity contribution < 1.29 is 17.7 Å². The molecule has 3 rings (SSSR count). The van der Waals surface area contributed by atoms with Crippen LogP contribution < -0.4 is 9.50 Å². The normalized spacial score (nSPS) is 13.6. The lowest BCUT2D eigenvalue weighted by Gasteiger charge is -2.18. The molecule has 2 atom stereocenters. The summed E-state index contributed by atoms with van der Waals surface area (Å²) >= 11 is 0. The van der Waals surface area contributed by atoms with Crippen molar-refractivity contribution in [3.63, 3.8) is 0 Å². The van der Waals surface area contributed by atoms with Gasteiger partial charge in [-0.05, 0) is 42.3 Å². The van der Waals surface area contributed by atoms with Crippen LogP contribution in [-0.2, 0) is 10.1 Å². The van der Waals surface area contributed by atoms with Crippen molar-refractivity contribution in [1.29, 1.82) is 0 Å². The summed E-state index contributed by atoms with van der Waals surface area (Å²) in [5, 5.41) is 13.7. The molecule has 0 heterocycles. The second-order valence-corrected chi connectivity index (χ2v) is 8.02. The van der Waals surface area contributed by atoms with Crippen molar-refractivity contribution in [2.75, 3.05) is 6.54 Å². The van der Waals surface area contributed by atoms with Gasteiger partial charge in [-0.3, -0.25) is 0 Å². The molecule has 0 saturated heterocycles. The van der Waals surface area contributed by atoms with E-state index in [4.69, 9.17) is 4.18 Å². The van der Waals surface area contributed by atoms with E-state index in [-0.39, 0.29) is 16.7 Å². The average Bonchev–Trinajstić information content (AvgIpc) is 2.73. The van der Waals surface area contributed by atoms with Crippen LogP contribution in [-0.4, -0.2) is 20.1 Å². The number of aliphatic hydroxyl groups is 1. The summed E-state index contributed by atoms with van der Waals surface area (Å²) < 4.78 is 29.7. The lowest BCUT2D eigenvalue weighted by molar-refractivity contribution is 0.171. The minimum Gasteiger partial charge on any atom is -0.387 e. The Morgan fingerprint density at radius 1 is 0.857 bits per heavy atom. The first-order valence-electron chi connectivity index (χ1n) is 9.01. The van der Waals surface area contributed by atoms with Gasteiger partial charge < -0.3 is 14.6 Å². The highest BCUT2D eigenvalue weighted by Crippen LogP contribution is 2.22. The van der Waals surface area contributed by atoms with Gasteiger partial charge in [-0.25, -0.2) is 0 Å². The molecule has 0 radical (unpaired) electrons. The van der Waals surface area contributed by atoms with Crippen molar-refractivity contribution in [1.82, 2.24) is 5.32 Å². The van der Waals surface area contributed by atoms with Crippen molar-refractivity contribution in [3.8, 4) is 5.75 Å². The third kappa shape index (κ3) is 5.19. The van der Waals surface area contributed by atoms with Gasteiger partial charge in [0.15, 0.2) is 0 Å². The van der Waals surface area contributed by atoms with Gasteiger partial charge in [0.05, 0.1) is 6.10 Å². The van der Waals surface area contributed by atoms with Crippen molar-refractivity contribution in [2.24, 2.45) is 0 Å². The van der Waals surface area contributed by atoms with Gasteiger partial charge in [0, 0.05) is 12.6 Å². The lowest BCUT2D eigenvalue weighted by atomic mass is 10.1. The summed E-state index contributed by atoms with van der Waals surface area (Å²) in [5.41, 5.74) is 1.82. The molecule has 0 aromatic heterocycles. The van der Waals surface area contributed by atoms with E-state index in [0.29, 0.717) is 12.1 Å². The minimum atomic E-state index is -3.87. The van der Waals surface area contributed by atoms with Crippen molar-refractivity contribution in [2.45, 2.75) is 24.0 Å². The highest BCUT2D eigenvalue weighted by Gasteiger charge is 2.16. The van der Waals surface area contributed by atoms with Crippen LogP contribution in [0.5, 0.6) is 5.75 Å². The Hall–Kier alpha value is -2.67. The molecule has 0 spiro atoms. The minimum absolute atomic E-state index is 0.0956. The average molecular weight is 397 g/mol. The van der Waals surface area contributed by atoms with Gasteiger partial charge in [0.2, 0.25) is 0 Å². The van der Waals surface area contributed by atoms with Gasteiger partial charge in [-0.1, -0.05) is 60.7 Å². The summed E-state index contributed by atoms with van der Waals surface area (Å²) in [5.74, 6) is 0.199. The van der Waals surface area contributed by atoms with Gasteiger partial charge in [0.1, 0.15) is 10.6 Å². The first-order valence-corrected chi connectivity index (χ1v) is 10.4. The second-order valence-electron chi connectivity index (χ2n) is 6.48. The Morgan fingerprint density at radius 2 is 1.43 bits per heavy atom. The molecule has 146 valence electrons. The van der Waals surface area contributed by atoms with Crippen LogP contribution in [0.1, 0.15) is 30.2 Å². The highest BCUT2D eigenvalue weighted by atomic mass is 32.2. The topological polar surface area (TPSA) is 75.6 Å². The van der Waals surface area contributed by atoms with E-state index in [2.05, 4.69) is 5.32 Å². The predicted octanol–water partition coefficient (Wildman–Crippen LogP) is 3.84. The Kier molecular flexibility index (Phi) is 6.46. The molecule has 1 unspecified atom stereocenters. The molecular weight excluding hydrogens is 374 g/mol. The molecule has 0 aliphatic rings. The first kappa shape index (κ1) is 20.1. The fraction of sp³-hybridized carbons (Fsp3) is 0.182. The SMILES string of the molecule is CC(NC[C@@H](O)c1ccc(OS(=O)(=O)c2ccccc2)cc1)c1ccccc1. The highest BCUT2D eigenvalue weighted by molar-refractivity contribution is 7.87. The molecule has 0 saturated carbocycles. The van der Waals surface area contributed by atoms with Crippen LogP contribution in [0.4, 0.5) is 0 Å². The Labute approximate surface area is 165 Å². The van der Waals surface area contributed by atoms with E-state index in [1.807, 2.05) is 37.3 Å². The number of nitrogens with one attached hydrogen (secondary N) is 1. The Bertz CT molecular complexity index is 974. The van der Waals surface area contributed by atoms with Crippen LogP contribution in [0.25, 0.3) is 0 Å². The summed E-state index contributed by atoms with van der Waals surface area (Å²) in [6.07, 6.45) is -0.717. The quantitative estimate of drug-likeness (QED) is 0.565. The smallest absolute Gasteiger partial charge is 0.339 e. The number of benzene rings is 3. The zero-order chi connectivity index (χ0) is 20.0. The number of hydrogen-bond acceptors (Lipinski definition) is 5. The maximum atomic E-state index is 12.3. The molecule has 28 heavy (non-hydrogen) atoms. The largest absolute Gasteiger partial charge is 0.387 e. The molecule has 3 aromatic carbocycles. The molecule has 0 aliphatic carbocycles. The fourth-order valence-electron chi connectivity index (χ4n) is 2.77. The Balaban J connectivity index is 1.59. The fourth-order valence-corrected chi connectivity index (χ4v) is 3.72. The van der Waals surface area contributed by atoms with Crippen LogP contribution in [0.3, 0.4) is 0 Å². The molecule has 6 heteroatoms. The van der Waals surface area contributed by atoms with Crippen LogP contribution in [0, 0.1) is 0 Å². The van der Waals surface area contributed by atoms with Crippen molar-refractivity contribution >= 4 is 10.1 Å². The van der Waals surface area contributed by atoms with Crippen molar-refractivity contribution in [3.05, 3.63) is 96.1 Å². The zero-order valence-corrected chi connectivity index (χ0v) is 16.3. The predicted molar refractivity (Wildman–Crippen MR) is 109 cm³/mol. The first-order chi connectivity index (χ1) is 13.5. The summed E-state index contributed by atoms with van der Waals surface area (Å²) in [6.45, 7) is 2.41. The van der Waals surface area contributed by atoms with Gasteiger partial charge in [0.25, 0.3) is 0 Å². The Morgan fingerprint density at radius 3 is 2.04 bits per heavy atom. The number of rotatable bonds is 8. The van der Waals surface area contributed by atoms with Gasteiger partial charge in [-0.15, -0.1) is 0 Å². The number of hydrogen-bond donors (Lipinski definition) is 2. The molecule has 0 amide bonds. The second kappa shape index (κ2) is 9.01. The molecule has 2 N–H and O–H groups in total. The van der Waals surface area contributed by atoms with Gasteiger partial charge in [-0.2, -0.15) is 8.42 Å². The zero-order valence-electron chi connectivity index (χ0n) is 15.5. The maximum absolute atomic E-state index is 12.3. The lowest BCUT2D eigenvalue weighted by Crippen LogP contribution is -2.24. The summed E-state index contributed by atoms with van der Waals surface area (Å²) in [6, 6.07) is 24.5. The van der Waals surface area contributed by atoms with Crippen LogP contribution >= 0.6 is 0 Å². The van der Waals surface area contributed by atoms with E-state index in [1.165, 1.54) is 12.1 Å². The molecule has 5 nitrogen and oxygen atoms in total. The molecule has 0 fully saturated rings. The molecule has 0 bridgehead atoms. The maximum Gasteiger partial charge on any atom is 0.339 e. The van der Waals surface area contributed by atoms with Crippen LogP contribution in [0.15, 0.2) is 89.8 Å². The molecule has 3 aromatic rings. The van der Waals surface area contributed by atoms with E-state index >= 15 is 0 Å². The number of aliphatic hydroxyl groups excluding tert-OH is 1. The van der Waals surface area contributed by atoms with Crippen LogP contribution in [0.2, 0.25) is 0 Å². The summed E-state index contributed by atoms with van der Waals surface area (Å²) in [4.78, 5) is 0.0956. The van der Waals surface area contributed by atoms with E-state index in [9.17, 15) is 13.5 Å². The van der Waals surface area contributed by atoms with E-state index < -0.39 is 16.2 Å². The van der Waals surface area contributed by atoms with Gasteiger partial charge >= 0.3 is 10.1 Å².